The Bertz CT molecular complexity index is 705. The normalized spacial score (nSPS) is 11.2. The van der Waals surface area contributed by atoms with E-state index in [0.29, 0.717) is 11.4 Å². The predicted octanol–water partition coefficient (Wildman–Crippen LogP) is 2.93. The van der Waals surface area contributed by atoms with Crippen LogP contribution in [0, 0.1) is 20.2 Å². The number of nitrogens with one attached hydrogen (secondary N) is 1. The molecule has 0 aliphatic rings. The van der Waals surface area contributed by atoms with Gasteiger partial charge in [-0.25, -0.2) is 0 Å². The van der Waals surface area contributed by atoms with E-state index in [1.54, 1.807) is 6.92 Å². The summed E-state index contributed by atoms with van der Waals surface area (Å²) in [6, 6.07) is 8.35. The molecule has 2 rings (SSSR count). The van der Waals surface area contributed by atoms with Crippen LogP contribution in [0.2, 0.25) is 0 Å². The average molecular weight is 290 g/mol. The minimum atomic E-state index is -0.638. The molecule has 1 aromatic heterocycles. The molecule has 0 radical (unpaired) electrons. The lowest BCUT2D eigenvalue weighted by molar-refractivity contribution is -0.402. The Morgan fingerprint density at radius 2 is 1.76 bits per heavy atom. The average Bonchev–Trinajstić information content (AvgIpc) is 2.95. The summed E-state index contributed by atoms with van der Waals surface area (Å²) in [5, 5.41) is 25.0. The van der Waals surface area contributed by atoms with E-state index in [0.717, 1.165) is 0 Å². The molecule has 1 N–H and O–H groups in total. The topological polar surface area (TPSA) is 124 Å². The van der Waals surface area contributed by atoms with Crippen LogP contribution in [0.3, 0.4) is 0 Å². The summed E-state index contributed by atoms with van der Waals surface area (Å²) in [5.74, 6) is -0.106. The van der Waals surface area contributed by atoms with Crippen LogP contribution in [0.5, 0.6) is 0 Å². The maximum Gasteiger partial charge on any atom is 0.433 e. The van der Waals surface area contributed by atoms with Gasteiger partial charge in [-0.15, -0.1) is 0 Å². The second kappa shape index (κ2) is 5.82. The molecule has 0 spiro atoms. The number of hydrogen-bond donors (Lipinski definition) is 1. The van der Waals surface area contributed by atoms with E-state index in [2.05, 4.69) is 10.5 Å². The molecule has 0 aliphatic heterocycles. The SMILES string of the molecule is CC(=NNc1ccc([N+](=O)[O-])cc1)c1ccc([N+](=O)[O-])o1. The molecule has 1 heterocycles. The second-order valence-corrected chi connectivity index (χ2v) is 4.01. The van der Waals surface area contributed by atoms with Crippen molar-refractivity contribution in [2.24, 2.45) is 5.10 Å². The highest BCUT2D eigenvalue weighted by Gasteiger charge is 2.13. The number of nitro benzene ring substituents is 1. The third-order valence-electron chi connectivity index (χ3n) is 2.56. The van der Waals surface area contributed by atoms with Crippen molar-refractivity contribution in [3.8, 4) is 0 Å². The van der Waals surface area contributed by atoms with Gasteiger partial charge >= 0.3 is 5.88 Å². The number of furan rings is 1. The smallest absolute Gasteiger partial charge is 0.399 e. The summed E-state index contributed by atoms with van der Waals surface area (Å²) < 4.78 is 4.99. The first-order valence-corrected chi connectivity index (χ1v) is 5.77. The van der Waals surface area contributed by atoms with Gasteiger partial charge in [0, 0.05) is 12.1 Å². The van der Waals surface area contributed by atoms with Crippen LogP contribution < -0.4 is 5.43 Å². The van der Waals surface area contributed by atoms with Gasteiger partial charge in [-0.05, 0) is 25.1 Å². The highest BCUT2D eigenvalue weighted by atomic mass is 16.6. The third kappa shape index (κ3) is 3.41. The molecule has 0 saturated heterocycles. The van der Waals surface area contributed by atoms with Crippen LogP contribution in [0.1, 0.15) is 12.7 Å². The standard InChI is InChI=1S/C12H10N4O5/c1-8(11-6-7-12(21-11)16(19)20)13-14-9-2-4-10(5-3-9)15(17)18/h2-7,14H,1H3. The van der Waals surface area contributed by atoms with E-state index in [4.69, 9.17) is 4.42 Å². The molecule has 0 saturated carbocycles. The van der Waals surface area contributed by atoms with Crippen molar-refractivity contribution >= 4 is 23.0 Å². The Hall–Kier alpha value is -3.23. The second-order valence-electron chi connectivity index (χ2n) is 4.01. The van der Waals surface area contributed by atoms with Crippen molar-refractivity contribution in [3.05, 3.63) is 62.4 Å². The summed E-state index contributed by atoms with van der Waals surface area (Å²) in [4.78, 5) is 19.9. The molecule has 0 bridgehead atoms. The lowest BCUT2D eigenvalue weighted by atomic mass is 10.3. The minimum absolute atomic E-state index is 0.0251. The molecule has 0 amide bonds. The predicted molar refractivity (Wildman–Crippen MR) is 74.3 cm³/mol. The molecule has 9 heteroatoms. The third-order valence-corrected chi connectivity index (χ3v) is 2.56. The monoisotopic (exact) mass is 290 g/mol. The molecule has 2 aromatic rings. The highest BCUT2D eigenvalue weighted by molar-refractivity contribution is 5.96. The van der Waals surface area contributed by atoms with Crippen molar-refractivity contribution in [2.45, 2.75) is 6.92 Å². The van der Waals surface area contributed by atoms with Gasteiger partial charge in [-0.1, -0.05) is 0 Å². The van der Waals surface area contributed by atoms with Crippen molar-refractivity contribution in [3.63, 3.8) is 0 Å². The number of hydrazone groups is 1. The van der Waals surface area contributed by atoms with Gasteiger partial charge in [0.1, 0.15) is 10.6 Å². The van der Waals surface area contributed by atoms with Crippen LogP contribution in [0.15, 0.2) is 45.9 Å². The Labute approximate surface area is 118 Å². The van der Waals surface area contributed by atoms with Crippen molar-refractivity contribution in [2.75, 3.05) is 5.43 Å². The number of non-ortho nitro benzene ring substituents is 1. The summed E-state index contributed by atoms with van der Waals surface area (Å²) in [6.07, 6.45) is 0. The molecule has 1 aromatic carbocycles. The summed E-state index contributed by atoms with van der Waals surface area (Å²) in [7, 11) is 0. The lowest BCUT2D eigenvalue weighted by Gasteiger charge is -2.01. The van der Waals surface area contributed by atoms with Gasteiger partial charge in [0.25, 0.3) is 5.69 Å². The molecular weight excluding hydrogens is 280 g/mol. The molecule has 0 fully saturated rings. The first-order valence-electron chi connectivity index (χ1n) is 5.77. The van der Waals surface area contributed by atoms with E-state index in [-0.39, 0.29) is 17.3 Å². The molecule has 21 heavy (non-hydrogen) atoms. The first kappa shape index (κ1) is 14.2. The quantitative estimate of drug-likeness (QED) is 0.512. The zero-order valence-corrected chi connectivity index (χ0v) is 10.8. The zero-order chi connectivity index (χ0) is 15.4. The molecule has 0 aliphatic carbocycles. The largest absolute Gasteiger partial charge is 0.433 e. The molecular formula is C12H10N4O5. The van der Waals surface area contributed by atoms with Crippen LogP contribution in [-0.2, 0) is 0 Å². The summed E-state index contributed by atoms with van der Waals surface area (Å²) in [5.41, 5.74) is 3.60. The molecule has 9 nitrogen and oxygen atoms in total. The molecule has 108 valence electrons. The number of hydrogen-bond acceptors (Lipinski definition) is 7. The Morgan fingerprint density at radius 3 is 2.29 bits per heavy atom. The van der Waals surface area contributed by atoms with Crippen molar-refractivity contribution in [1.29, 1.82) is 0 Å². The van der Waals surface area contributed by atoms with Crippen LogP contribution in [0.25, 0.3) is 0 Å². The fraction of sp³-hybridized carbons (Fsp3) is 0.0833. The zero-order valence-electron chi connectivity index (χ0n) is 10.8. The number of anilines is 1. The maximum atomic E-state index is 10.5. The lowest BCUT2D eigenvalue weighted by Crippen LogP contribution is -1.98. The van der Waals surface area contributed by atoms with Crippen molar-refractivity contribution in [1.82, 2.24) is 0 Å². The number of nitro groups is 2. The van der Waals surface area contributed by atoms with Gasteiger partial charge in [-0.2, -0.15) is 5.10 Å². The Balaban J connectivity index is 2.08. The van der Waals surface area contributed by atoms with E-state index in [1.807, 2.05) is 0 Å². The van der Waals surface area contributed by atoms with Gasteiger partial charge in [0.2, 0.25) is 0 Å². The fourth-order valence-corrected chi connectivity index (χ4v) is 1.48. The van der Waals surface area contributed by atoms with Crippen LogP contribution in [-0.4, -0.2) is 15.6 Å². The van der Waals surface area contributed by atoms with Crippen molar-refractivity contribution < 1.29 is 14.3 Å². The summed E-state index contributed by atoms with van der Waals surface area (Å²) >= 11 is 0. The van der Waals surface area contributed by atoms with Crippen LogP contribution in [0.4, 0.5) is 17.3 Å². The molecule has 0 atom stereocenters. The van der Waals surface area contributed by atoms with Gasteiger partial charge in [0.05, 0.1) is 16.7 Å². The first-order chi connectivity index (χ1) is 9.97. The van der Waals surface area contributed by atoms with E-state index < -0.39 is 9.85 Å². The van der Waals surface area contributed by atoms with E-state index >= 15 is 0 Å². The van der Waals surface area contributed by atoms with Gasteiger partial charge < -0.3 is 4.42 Å². The van der Waals surface area contributed by atoms with Gasteiger partial charge in [0.15, 0.2) is 5.76 Å². The number of rotatable bonds is 5. The minimum Gasteiger partial charge on any atom is -0.399 e. The summed E-state index contributed by atoms with van der Waals surface area (Å²) in [6.45, 7) is 1.61. The number of nitrogens with zero attached hydrogens (tertiary/aromatic N) is 3. The Morgan fingerprint density at radius 1 is 1.10 bits per heavy atom. The van der Waals surface area contributed by atoms with Gasteiger partial charge in [-0.3, -0.25) is 25.7 Å². The fourth-order valence-electron chi connectivity index (χ4n) is 1.48. The van der Waals surface area contributed by atoms with Crippen LogP contribution >= 0.6 is 0 Å². The highest BCUT2D eigenvalue weighted by Crippen LogP contribution is 2.18. The van der Waals surface area contributed by atoms with E-state index in [9.17, 15) is 20.2 Å². The van der Waals surface area contributed by atoms with E-state index in [1.165, 1.54) is 36.4 Å². The molecule has 0 unspecified atom stereocenters. The number of benzene rings is 1. The Kier molecular flexibility index (Phi) is 3.93. The maximum absolute atomic E-state index is 10.5.